The molecule has 2 aliphatic heterocycles. The van der Waals surface area contributed by atoms with Crippen LogP contribution in [0.3, 0.4) is 0 Å². The average Bonchev–Trinajstić information content (AvgIpc) is 2.74. The van der Waals surface area contributed by atoms with Gasteiger partial charge >= 0.3 is 0 Å². The number of fused-ring (bicyclic) bond motifs is 2. The zero-order chi connectivity index (χ0) is 18.2. The van der Waals surface area contributed by atoms with E-state index in [9.17, 15) is 0 Å². The van der Waals surface area contributed by atoms with Crippen LogP contribution in [0.2, 0.25) is 0 Å². The van der Waals surface area contributed by atoms with Gasteiger partial charge in [-0.25, -0.2) is 0 Å². The van der Waals surface area contributed by atoms with Gasteiger partial charge in [-0.05, 0) is 38.7 Å². The summed E-state index contributed by atoms with van der Waals surface area (Å²) in [5.74, 6) is 2.18. The van der Waals surface area contributed by atoms with E-state index in [-0.39, 0.29) is 0 Å². The van der Waals surface area contributed by atoms with E-state index in [1.165, 1.54) is 80.9 Å². The van der Waals surface area contributed by atoms with Gasteiger partial charge in [-0.3, -0.25) is 9.80 Å². The van der Waals surface area contributed by atoms with Crippen molar-refractivity contribution < 1.29 is 9.47 Å². The minimum absolute atomic E-state index is 0.707. The van der Waals surface area contributed by atoms with Gasteiger partial charge in [0.25, 0.3) is 0 Å². The summed E-state index contributed by atoms with van der Waals surface area (Å²) in [5, 5.41) is 0. The average molecular weight is 371 g/mol. The Morgan fingerprint density at radius 1 is 0.704 bits per heavy atom. The summed E-state index contributed by atoms with van der Waals surface area (Å²) in [7, 11) is 0. The molecule has 0 radical (unpaired) electrons. The first-order chi connectivity index (χ1) is 13.3. The lowest BCUT2D eigenvalue weighted by Gasteiger charge is -2.40. The van der Waals surface area contributed by atoms with Crippen molar-refractivity contribution in [2.75, 3.05) is 13.5 Å². The lowest BCUT2D eigenvalue weighted by atomic mass is 9.92. The molecule has 0 spiro atoms. The van der Waals surface area contributed by atoms with Crippen LogP contribution in [0.25, 0.3) is 0 Å². The van der Waals surface area contributed by atoms with Crippen LogP contribution >= 0.6 is 0 Å². The van der Waals surface area contributed by atoms with Gasteiger partial charge in [0.1, 0.15) is 25.0 Å². The minimum Gasteiger partial charge on any atom is -0.477 e. The Morgan fingerprint density at radius 3 is 1.59 bits per heavy atom. The normalized spacial score (nSPS) is 25.4. The minimum atomic E-state index is 0.707. The third-order valence-corrected chi connectivity index (χ3v) is 7.29. The van der Waals surface area contributed by atoms with Gasteiger partial charge < -0.3 is 9.47 Å². The summed E-state index contributed by atoms with van der Waals surface area (Å²) in [6.45, 7) is 5.75. The van der Waals surface area contributed by atoms with Gasteiger partial charge in [-0.2, -0.15) is 0 Å². The predicted octanol–water partition coefficient (Wildman–Crippen LogP) is 4.96. The van der Waals surface area contributed by atoms with Crippen LogP contribution in [0.5, 0.6) is 11.5 Å². The fraction of sp³-hybridized carbons (Fsp3) is 0.739. The van der Waals surface area contributed by atoms with Crippen LogP contribution in [0.1, 0.15) is 80.9 Å². The van der Waals surface area contributed by atoms with E-state index in [0.29, 0.717) is 12.1 Å². The number of rotatable bonds is 2. The number of hydrogen-bond donors (Lipinski definition) is 0. The summed E-state index contributed by atoms with van der Waals surface area (Å²) in [4.78, 5) is 5.13. The maximum absolute atomic E-state index is 6.26. The summed E-state index contributed by atoms with van der Waals surface area (Å²) in [5.41, 5.74) is 3.96. The van der Waals surface area contributed by atoms with Crippen molar-refractivity contribution >= 4 is 0 Å². The van der Waals surface area contributed by atoms with Crippen LogP contribution in [0, 0.1) is 6.92 Å². The fourth-order valence-corrected chi connectivity index (χ4v) is 5.75. The zero-order valence-electron chi connectivity index (χ0n) is 16.8. The van der Waals surface area contributed by atoms with Crippen molar-refractivity contribution in [2.45, 2.75) is 96.3 Å². The standard InChI is InChI=1S/C23H34N2O2/c1-17-22-18(13-24(15-26-22)20-8-4-2-5-9-20)12-19-14-25(16-27-23(17)19)21-10-6-3-7-11-21/h12,20-21H,2-11,13-16H2,1H3. The van der Waals surface area contributed by atoms with Crippen molar-refractivity contribution in [3.05, 3.63) is 22.8 Å². The molecule has 148 valence electrons. The van der Waals surface area contributed by atoms with Gasteiger partial charge in [0, 0.05) is 41.9 Å². The second-order valence-corrected chi connectivity index (χ2v) is 9.10. The molecule has 1 aromatic carbocycles. The molecular formula is C23H34N2O2. The number of ether oxygens (including phenoxy) is 2. The van der Waals surface area contributed by atoms with Gasteiger partial charge in [0.2, 0.25) is 0 Å². The Labute approximate surface area is 163 Å². The molecule has 4 heteroatoms. The van der Waals surface area contributed by atoms with E-state index in [1.807, 2.05) is 0 Å². The van der Waals surface area contributed by atoms with Crippen molar-refractivity contribution in [1.82, 2.24) is 9.80 Å². The first-order valence-corrected chi connectivity index (χ1v) is 11.2. The molecule has 0 aromatic heterocycles. The van der Waals surface area contributed by atoms with E-state index in [1.54, 1.807) is 0 Å². The summed E-state index contributed by atoms with van der Waals surface area (Å²) in [6, 6.07) is 3.80. The highest BCUT2D eigenvalue weighted by atomic mass is 16.5. The highest BCUT2D eigenvalue weighted by Crippen LogP contribution is 2.42. The van der Waals surface area contributed by atoms with Crippen LogP contribution in [-0.4, -0.2) is 35.3 Å². The van der Waals surface area contributed by atoms with Crippen LogP contribution < -0.4 is 9.47 Å². The molecule has 0 amide bonds. The predicted molar refractivity (Wildman–Crippen MR) is 107 cm³/mol. The third kappa shape index (κ3) is 3.47. The van der Waals surface area contributed by atoms with Gasteiger partial charge in [0.05, 0.1) is 0 Å². The molecule has 4 aliphatic rings. The quantitative estimate of drug-likeness (QED) is 0.734. The molecule has 1 aromatic rings. The molecule has 27 heavy (non-hydrogen) atoms. The molecule has 0 N–H and O–H groups in total. The SMILES string of the molecule is Cc1c2c(cc3c1OCN(C1CCCCC1)C3)CN(C1CCCCC1)CO2. The van der Waals surface area contributed by atoms with Crippen molar-refractivity contribution in [1.29, 1.82) is 0 Å². The molecule has 0 saturated heterocycles. The first kappa shape index (κ1) is 17.8. The zero-order valence-corrected chi connectivity index (χ0v) is 16.8. The lowest BCUT2D eigenvalue weighted by molar-refractivity contribution is 0.0313. The largest absolute Gasteiger partial charge is 0.477 e. The second-order valence-electron chi connectivity index (χ2n) is 9.10. The lowest BCUT2D eigenvalue weighted by Crippen LogP contribution is -2.43. The Bertz CT molecular complexity index is 623. The van der Waals surface area contributed by atoms with Crippen molar-refractivity contribution in [3.63, 3.8) is 0 Å². The smallest absolute Gasteiger partial charge is 0.142 e. The Morgan fingerprint density at radius 2 is 1.15 bits per heavy atom. The third-order valence-electron chi connectivity index (χ3n) is 7.29. The highest BCUT2D eigenvalue weighted by Gasteiger charge is 2.32. The van der Waals surface area contributed by atoms with E-state index < -0.39 is 0 Å². The molecule has 0 bridgehead atoms. The van der Waals surface area contributed by atoms with Gasteiger partial charge in [-0.15, -0.1) is 0 Å². The molecular weight excluding hydrogens is 336 g/mol. The summed E-state index contributed by atoms with van der Waals surface area (Å²) in [6.07, 6.45) is 13.7. The molecule has 5 rings (SSSR count). The molecule has 0 unspecified atom stereocenters. The van der Waals surface area contributed by atoms with E-state index in [0.717, 1.165) is 38.1 Å². The topological polar surface area (TPSA) is 24.9 Å². The molecule has 0 atom stereocenters. The number of nitrogens with zero attached hydrogens (tertiary/aromatic N) is 2. The number of hydrogen-bond acceptors (Lipinski definition) is 4. The molecule has 4 nitrogen and oxygen atoms in total. The van der Waals surface area contributed by atoms with Gasteiger partial charge in [-0.1, -0.05) is 38.5 Å². The van der Waals surface area contributed by atoms with E-state index >= 15 is 0 Å². The monoisotopic (exact) mass is 370 g/mol. The van der Waals surface area contributed by atoms with Crippen molar-refractivity contribution in [3.8, 4) is 11.5 Å². The maximum atomic E-state index is 6.26. The van der Waals surface area contributed by atoms with Crippen LogP contribution in [0.4, 0.5) is 0 Å². The van der Waals surface area contributed by atoms with E-state index in [2.05, 4.69) is 22.8 Å². The van der Waals surface area contributed by atoms with E-state index in [4.69, 9.17) is 9.47 Å². The molecule has 2 aliphatic carbocycles. The fourth-order valence-electron chi connectivity index (χ4n) is 5.75. The highest BCUT2D eigenvalue weighted by molar-refractivity contribution is 5.55. The molecule has 2 heterocycles. The molecule has 2 fully saturated rings. The van der Waals surface area contributed by atoms with Crippen LogP contribution in [0.15, 0.2) is 6.07 Å². The maximum Gasteiger partial charge on any atom is 0.142 e. The summed E-state index contributed by atoms with van der Waals surface area (Å²) >= 11 is 0. The van der Waals surface area contributed by atoms with Gasteiger partial charge in [0.15, 0.2) is 0 Å². The summed E-state index contributed by atoms with van der Waals surface area (Å²) < 4.78 is 12.5. The number of benzene rings is 1. The second kappa shape index (κ2) is 7.63. The van der Waals surface area contributed by atoms with Crippen molar-refractivity contribution in [2.24, 2.45) is 0 Å². The Balaban J connectivity index is 1.36. The first-order valence-electron chi connectivity index (χ1n) is 11.2. The Kier molecular flexibility index (Phi) is 5.04. The molecule has 2 saturated carbocycles. The van der Waals surface area contributed by atoms with Crippen LogP contribution in [-0.2, 0) is 13.1 Å². The Hall–Kier alpha value is -1.26.